The van der Waals surface area contributed by atoms with Gasteiger partial charge in [-0.3, -0.25) is 0 Å². The third kappa shape index (κ3) is 1.61. The van der Waals surface area contributed by atoms with Crippen molar-refractivity contribution in [3.05, 3.63) is 12.2 Å². The molecule has 5 heteroatoms. The van der Waals surface area contributed by atoms with Crippen molar-refractivity contribution in [2.45, 2.75) is 25.6 Å². The Morgan fingerprint density at radius 2 is 2.25 bits per heavy atom. The Bertz CT molecular complexity index is 263. The number of aromatic nitrogens is 3. The highest BCUT2D eigenvalue weighted by Crippen LogP contribution is 2.24. The standard InChI is InChI=1S/C7H13FN4/c1-7(2,9)5(8)6-11-10-4-12(6)3/h4-5H,9H2,1-3H3. The van der Waals surface area contributed by atoms with Crippen LogP contribution in [-0.2, 0) is 7.05 Å². The smallest absolute Gasteiger partial charge is 0.177 e. The predicted molar refractivity (Wildman–Crippen MR) is 43.1 cm³/mol. The fraction of sp³-hybridized carbons (Fsp3) is 0.714. The second-order valence-corrected chi connectivity index (χ2v) is 3.48. The lowest BCUT2D eigenvalue weighted by atomic mass is 10.00. The molecule has 1 unspecified atom stereocenters. The third-order valence-corrected chi connectivity index (χ3v) is 1.63. The van der Waals surface area contributed by atoms with Gasteiger partial charge in [-0.15, -0.1) is 10.2 Å². The van der Waals surface area contributed by atoms with Gasteiger partial charge in [-0.2, -0.15) is 0 Å². The van der Waals surface area contributed by atoms with Crippen LogP contribution in [0.3, 0.4) is 0 Å². The number of aryl methyl sites for hydroxylation is 1. The Balaban J connectivity index is 2.92. The van der Waals surface area contributed by atoms with Crippen LogP contribution in [0.1, 0.15) is 25.8 Å². The number of nitrogens with zero attached hydrogens (tertiary/aromatic N) is 3. The van der Waals surface area contributed by atoms with Crippen molar-refractivity contribution < 1.29 is 4.39 Å². The number of halogens is 1. The van der Waals surface area contributed by atoms with Crippen molar-refractivity contribution in [1.82, 2.24) is 14.8 Å². The summed E-state index contributed by atoms with van der Waals surface area (Å²) < 4.78 is 15.0. The molecule has 1 atom stereocenters. The summed E-state index contributed by atoms with van der Waals surface area (Å²) in [5, 5.41) is 7.21. The lowest BCUT2D eigenvalue weighted by molar-refractivity contribution is 0.207. The fourth-order valence-electron chi connectivity index (χ4n) is 0.854. The monoisotopic (exact) mass is 172 g/mol. The van der Waals surface area contributed by atoms with Crippen LogP contribution < -0.4 is 5.73 Å². The molecule has 0 radical (unpaired) electrons. The van der Waals surface area contributed by atoms with E-state index in [4.69, 9.17) is 5.73 Å². The van der Waals surface area contributed by atoms with E-state index in [1.807, 2.05) is 0 Å². The van der Waals surface area contributed by atoms with Crippen LogP contribution in [0.2, 0.25) is 0 Å². The highest BCUT2D eigenvalue weighted by atomic mass is 19.1. The van der Waals surface area contributed by atoms with Crippen molar-refractivity contribution in [1.29, 1.82) is 0 Å². The normalized spacial score (nSPS) is 14.8. The van der Waals surface area contributed by atoms with Crippen LogP contribution in [-0.4, -0.2) is 20.3 Å². The molecule has 0 saturated heterocycles. The molecule has 0 saturated carbocycles. The first-order valence-corrected chi connectivity index (χ1v) is 3.70. The van der Waals surface area contributed by atoms with E-state index in [2.05, 4.69) is 10.2 Å². The number of rotatable bonds is 2. The van der Waals surface area contributed by atoms with Gasteiger partial charge in [0.25, 0.3) is 0 Å². The largest absolute Gasteiger partial charge is 0.323 e. The summed E-state index contributed by atoms with van der Waals surface area (Å²) in [5.41, 5.74) is 4.67. The molecule has 4 nitrogen and oxygen atoms in total. The fourth-order valence-corrected chi connectivity index (χ4v) is 0.854. The summed E-state index contributed by atoms with van der Waals surface area (Å²) in [5.74, 6) is 0.266. The summed E-state index contributed by atoms with van der Waals surface area (Å²) in [4.78, 5) is 0. The van der Waals surface area contributed by atoms with Gasteiger partial charge in [-0.25, -0.2) is 4.39 Å². The number of nitrogens with two attached hydrogens (primary N) is 1. The zero-order valence-corrected chi connectivity index (χ0v) is 7.45. The van der Waals surface area contributed by atoms with Crippen molar-refractivity contribution in [2.24, 2.45) is 12.8 Å². The summed E-state index contributed by atoms with van der Waals surface area (Å²) in [6.07, 6.45) is 0.165. The van der Waals surface area contributed by atoms with Crippen LogP contribution in [0.15, 0.2) is 6.33 Å². The van der Waals surface area contributed by atoms with Crippen molar-refractivity contribution in [2.75, 3.05) is 0 Å². The summed E-state index contributed by atoms with van der Waals surface area (Å²) in [7, 11) is 1.69. The number of hydrogen-bond acceptors (Lipinski definition) is 3. The molecule has 0 aliphatic rings. The van der Waals surface area contributed by atoms with E-state index in [0.717, 1.165) is 0 Å². The van der Waals surface area contributed by atoms with E-state index < -0.39 is 11.7 Å². The quantitative estimate of drug-likeness (QED) is 0.709. The van der Waals surface area contributed by atoms with E-state index in [1.165, 1.54) is 10.9 Å². The van der Waals surface area contributed by atoms with Crippen LogP contribution in [0.25, 0.3) is 0 Å². The van der Waals surface area contributed by atoms with Gasteiger partial charge in [-0.05, 0) is 13.8 Å². The molecule has 1 aromatic rings. The highest BCUT2D eigenvalue weighted by Gasteiger charge is 2.29. The molecule has 0 fully saturated rings. The third-order valence-electron chi connectivity index (χ3n) is 1.63. The van der Waals surface area contributed by atoms with Gasteiger partial charge in [0.1, 0.15) is 6.33 Å². The molecular formula is C7H13FN4. The van der Waals surface area contributed by atoms with Crippen molar-refractivity contribution >= 4 is 0 Å². The van der Waals surface area contributed by atoms with Crippen LogP contribution in [0.5, 0.6) is 0 Å². The average molecular weight is 172 g/mol. The molecule has 12 heavy (non-hydrogen) atoms. The second-order valence-electron chi connectivity index (χ2n) is 3.48. The highest BCUT2D eigenvalue weighted by molar-refractivity contribution is 4.99. The molecule has 1 aromatic heterocycles. The maximum Gasteiger partial charge on any atom is 0.177 e. The number of alkyl halides is 1. The maximum absolute atomic E-state index is 13.5. The molecule has 68 valence electrons. The molecule has 0 bridgehead atoms. The van der Waals surface area contributed by atoms with Gasteiger partial charge in [0, 0.05) is 12.6 Å². The van der Waals surface area contributed by atoms with Gasteiger partial charge >= 0.3 is 0 Å². The second kappa shape index (κ2) is 2.82. The molecular weight excluding hydrogens is 159 g/mol. The predicted octanol–water partition coefficient (Wildman–Crippen LogP) is 0.563. The summed E-state index contributed by atoms with van der Waals surface area (Å²) in [6, 6.07) is 0. The summed E-state index contributed by atoms with van der Waals surface area (Å²) in [6.45, 7) is 3.23. The lowest BCUT2D eigenvalue weighted by Gasteiger charge is -2.22. The maximum atomic E-state index is 13.5. The molecule has 0 aliphatic carbocycles. The SMILES string of the molecule is Cn1cnnc1C(F)C(C)(C)N. The molecule has 0 aliphatic heterocycles. The Labute approximate surface area is 70.6 Å². The molecule has 0 spiro atoms. The first-order valence-electron chi connectivity index (χ1n) is 3.70. The van der Waals surface area contributed by atoms with Gasteiger partial charge in [0.05, 0.1) is 0 Å². The number of hydrogen-bond donors (Lipinski definition) is 1. The molecule has 1 rings (SSSR count). The Hall–Kier alpha value is -0.970. The molecule has 1 heterocycles. The Kier molecular flexibility index (Phi) is 2.14. The topological polar surface area (TPSA) is 56.7 Å². The Morgan fingerprint density at radius 1 is 1.67 bits per heavy atom. The van der Waals surface area contributed by atoms with E-state index in [0.29, 0.717) is 0 Å². The van der Waals surface area contributed by atoms with E-state index in [9.17, 15) is 4.39 Å². The van der Waals surface area contributed by atoms with Gasteiger partial charge < -0.3 is 10.3 Å². The minimum absolute atomic E-state index is 0.266. The minimum Gasteiger partial charge on any atom is -0.323 e. The first kappa shape index (κ1) is 9.12. The van der Waals surface area contributed by atoms with Crippen LogP contribution in [0, 0.1) is 0 Å². The average Bonchev–Trinajstić information content (AvgIpc) is 2.31. The van der Waals surface area contributed by atoms with Gasteiger partial charge in [0.15, 0.2) is 12.0 Å². The van der Waals surface area contributed by atoms with Crippen LogP contribution >= 0.6 is 0 Å². The lowest BCUT2D eigenvalue weighted by Crippen LogP contribution is -2.38. The first-order chi connectivity index (χ1) is 5.43. The van der Waals surface area contributed by atoms with E-state index in [-0.39, 0.29) is 5.82 Å². The Morgan fingerprint density at radius 3 is 2.58 bits per heavy atom. The van der Waals surface area contributed by atoms with Gasteiger partial charge in [-0.1, -0.05) is 0 Å². The van der Waals surface area contributed by atoms with E-state index in [1.54, 1.807) is 20.9 Å². The molecule has 0 amide bonds. The van der Waals surface area contributed by atoms with Crippen molar-refractivity contribution in [3.63, 3.8) is 0 Å². The van der Waals surface area contributed by atoms with E-state index >= 15 is 0 Å². The molecule has 2 N–H and O–H groups in total. The van der Waals surface area contributed by atoms with Gasteiger partial charge in [0.2, 0.25) is 0 Å². The molecule has 0 aromatic carbocycles. The zero-order chi connectivity index (χ0) is 9.35. The minimum atomic E-state index is -1.29. The van der Waals surface area contributed by atoms with Crippen molar-refractivity contribution in [3.8, 4) is 0 Å². The zero-order valence-electron chi connectivity index (χ0n) is 7.45. The summed E-state index contributed by atoms with van der Waals surface area (Å²) >= 11 is 0. The van der Waals surface area contributed by atoms with Crippen LogP contribution in [0.4, 0.5) is 4.39 Å².